The number of nitrogens with one attached hydrogen (secondary N) is 1. The standard InChI is InChI=1S/C20H19N3O2/c1-13(21-22-15-9-3-2-4-10-15)17-19(24)16-11-5-7-14-8-6-12-23(18(14)16)20(17)25/h2-5,7,9-11,22,24H,6,8,12H2,1H3/b21-13+. The fourth-order valence-corrected chi connectivity index (χ4v) is 3.46. The molecule has 0 unspecified atom stereocenters. The van der Waals surface area contributed by atoms with Gasteiger partial charge in [0.15, 0.2) is 0 Å². The van der Waals surface area contributed by atoms with Crippen LogP contribution in [0.15, 0.2) is 58.4 Å². The van der Waals surface area contributed by atoms with E-state index in [0.29, 0.717) is 17.6 Å². The van der Waals surface area contributed by atoms with Crippen molar-refractivity contribution in [3.63, 3.8) is 0 Å². The van der Waals surface area contributed by atoms with Gasteiger partial charge < -0.3 is 9.67 Å². The maximum absolute atomic E-state index is 13.0. The maximum Gasteiger partial charge on any atom is 0.264 e. The molecule has 5 nitrogen and oxygen atoms in total. The van der Waals surface area contributed by atoms with Gasteiger partial charge in [-0.05, 0) is 43.5 Å². The average molecular weight is 333 g/mol. The van der Waals surface area contributed by atoms with Crippen LogP contribution < -0.4 is 11.0 Å². The van der Waals surface area contributed by atoms with E-state index in [1.807, 2.05) is 48.5 Å². The molecule has 0 saturated carbocycles. The van der Waals surface area contributed by atoms with Gasteiger partial charge in [-0.2, -0.15) is 5.10 Å². The van der Waals surface area contributed by atoms with E-state index < -0.39 is 0 Å². The number of rotatable bonds is 3. The molecule has 0 saturated heterocycles. The molecule has 5 heteroatoms. The van der Waals surface area contributed by atoms with E-state index in [2.05, 4.69) is 10.5 Å². The van der Waals surface area contributed by atoms with Crippen molar-refractivity contribution in [3.8, 4) is 5.75 Å². The Kier molecular flexibility index (Phi) is 3.76. The predicted molar refractivity (Wildman–Crippen MR) is 100 cm³/mol. The van der Waals surface area contributed by atoms with Gasteiger partial charge in [0.05, 0.1) is 16.9 Å². The second kappa shape index (κ2) is 6.09. The highest BCUT2D eigenvalue weighted by molar-refractivity contribution is 6.06. The highest BCUT2D eigenvalue weighted by atomic mass is 16.3. The van der Waals surface area contributed by atoms with Crippen molar-refractivity contribution in [2.24, 2.45) is 5.10 Å². The topological polar surface area (TPSA) is 66.6 Å². The summed E-state index contributed by atoms with van der Waals surface area (Å²) in [6.07, 6.45) is 1.85. The summed E-state index contributed by atoms with van der Waals surface area (Å²) >= 11 is 0. The van der Waals surface area contributed by atoms with Gasteiger partial charge in [0, 0.05) is 11.9 Å². The van der Waals surface area contributed by atoms with Crippen molar-refractivity contribution in [2.45, 2.75) is 26.3 Å². The third-order valence-electron chi connectivity index (χ3n) is 4.66. The molecule has 0 amide bonds. The van der Waals surface area contributed by atoms with Crippen LogP contribution in [0.3, 0.4) is 0 Å². The van der Waals surface area contributed by atoms with Crippen LogP contribution in [0.1, 0.15) is 24.5 Å². The lowest BCUT2D eigenvalue weighted by Crippen LogP contribution is -2.29. The fourth-order valence-electron chi connectivity index (χ4n) is 3.46. The Balaban J connectivity index is 1.87. The molecule has 3 aromatic rings. The summed E-state index contributed by atoms with van der Waals surface area (Å²) in [4.78, 5) is 13.0. The molecule has 0 bridgehead atoms. The molecule has 0 aliphatic carbocycles. The molecule has 0 spiro atoms. The predicted octanol–water partition coefficient (Wildman–Crippen LogP) is 3.49. The van der Waals surface area contributed by atoms with Gasteiger partial charge in [0.25, 0.3) is 5.56 Å². The SMILES string of the molecule is C/C(=N\Nc1ccccc1)c1c(O)c2cccc3c2n(c1=O)CCC3. The summed E-state index contributed by atoms with van der Waals surface area (Å²) in [7, 11) is 0. The number of benzene rings is 2. The van der Waals surface area contributed by atoms with Gasteiger partial charge in [-0.15, -0.1) is 0 Å². The largest absolute Gasteiger partial charge is 0.506 e. The van der Waals surface area contributed by atoms with Crippen LogP contribution in [0, 0.1) is 0 Å². The van der Waals surface area contributed by atoms with Gasteiger partial charge >= 0.3 is 0 Å². The van der Waals surface area contributed by atoms with Crippen molar-refractivity contribution in [1.29, 1.82) is 0 Å². The monoisotopic (exact) mass is 333 g/mol. The van der Waals surface area contributed by atoms with E-state index in [9.17, 15) is 9.90 Å². The minimum Gasteiger partial charge on any atom is -0.506 e. The molecule has 126 valence electrons. The summed E-state index contributed by atoms with van der Waals surface area (Å²) in [5.41, 5.74) is 6.26. The third-order valence-corrected chi connectivity index (χ3v) is 4.66. The summed E-state index contributed by atoms with van der Waals surface area (Å²) in [6, 6.07) is 15.3. The molecule has 0 atom stereocenters. The second-order valence-corrected chi connectivity index (χ2v) is 6.27. The first-order valence-electron chi connectivity index (χ1n) is 8.40. The van der Waals surface area contributed by atoms with E-state index in [-0.39, 0.29) is 16.9 Å². The zero-order valence-electron chi connectivity index (χ0n) is 14.0. The molecular weight excluding hydrogens is 314 g/mol. The number of para-hydroxylation sites is 2. The zero-order valence-corrected chi connectivity index (χ0v) is 14.0. The number of anilines is 1. The highest BCUT2D eigenvalue weighted by Gasteiger charge is 2.22. The van der Waals surface area contributed by atoms with Crippen LogP contribution >= 0.6 is 0 Å². The summed E-state index contributed by atoms with van der Waals surface area (Å²) < 4.78 is 1.77. The van der Waals surface area contributed by atoms with Crippen LogP contribution in [-0.2, 0) is 13.0 Å². The van der Waals surface area contributed by atoms with Gasteiger partial charge in [-0.3, -0.25) is 10.2 Å². The Hall–Kier alpha value is -3.08. The lowest BCUT2D eigenvalue weighted by atomic mass is 9.98. The number of aromatic nitrogens is 1. The number of aromatic hydroxyl groups is 1. The number of aryl methyl sites for hydroxylation is 2. The molecule has 2 heterocycles. The smallest absolute Gasteiger partial charge is 0.264 e. The minimum atomic E-state index is -0.187. The first-order chi connectivity index (χ1) is 12.2. The fraction of sp³-hybridized carbons (Fsp3) is 0.200. The summed E-state index contributed by atoms with van der Waals surface area (Å²) in [5, 5.41) is 15.8. The summed E-state index contributed by atoms with van der Waals surface area (Å²) in [6.45, 7) is 2.40. The molecule has 2 aromatic carbocycles. The van der Waals surface area contributed by atoms with E-state index in [4.69, 9.17) is 0 Å². The molecule has 4 rings (SSSR count). The zero-order chi connectivity index (χ0) is 17.4. The van der Waals surface area contributed by atoms with Crippen LogP contribution in [0.5, 0.6) is 5.75 Å². The van der Waals surface area contributed by atoms with E-state index >= 15 is 0 Å². The van der Waals surface area contributed by atoms with Crippen molar-refractivity contribution >= 4 is 22.3 Å². The molecule has 1 aromatic heterocycles. The van der Waals surface area contributed by atoms with Crippen LogP contribution in [0.25, 0.3) is 10.9 Å². The normalized spacial score (nSPS) is 13.9. The molecule has 0 radical (unpaired) electrons. The molecule has 1 aliphatic rings. The lowest BCUT2D eigenvalue weighted by Gasteiger charge is -2.21. The van der Waals surface area contributed by atoms with Gasteiger partial charge in [0.1, 0.15) is 11.3 Å². The Bertz CT molecular complexity index is 1040. The van der Waals surface area contributed by atoms with Gasteiger partial charge in [-0.1, -0.05) is 30.3 Å². The molecular formula is C20H19N3O2. The lowest BCUT2D eigenvalue weighted by molar-refractivity contribution is 0.476. The molecule has 2 N–H and O–H groups in total. The molecule has 1 aliphatic heterocycles. The number of pyridine rings is 1. The Morgan fingerprint density at radius 3 is 2.76 bits per heavy atom. The molecule has 25 heavy (non-hydrogen) atoms. The summed E-state index contributed by atoms with van der Waals surface area (Å²) in [5.74, 6) is 0.0103. The average Bonchev–Trinajstić information content (AvgIpc) is 2.65. The van der Waals surface area contributed by atoms with Crippen molar-refractivity contribution in [1.82, 2.24) is 4.57 Å². The quantitative estimate of drug-likeness (QED) is 0.569. The highest BCUT2D eigenvalue weighted by Crippen LogP contribution is 2.31. The Labute approximate surface area is 145 Å². The van der Waals surface area contributed by atoms with E-state index in [1.54, 1.807) is 11.5 Å². The number of nitrogens with zero attached hydrogens (tertiary/aromatic N) is 2. The first-order valence-corrected chi connectivity index (χ1v) is 8.40. The third kappa shape index (κ3) is 2.58. The van der Waals surface area contributed by atoms with Gasteiger partial charge in [0.2, 0.25) is 0 Å². The van der Waals surface area contributed by atoms with Crippen LogP contribution in [0.4, 0.5) is 5.69 Å². The number of hydrogen-bond acceptors (Lipinski definition) is 4. The maximum atomic E-state index is 13.0. The van der Waals surface area contributed by atoms with Crippen LogP contribution in [-0.4, -0.2) is 15.4 Å². The Morgan fingerprint density at radius 2 is 1.96 bits per heavy atom. The first kappa shape index (κ1) is 15.4. The number of hydrogen-bond donors (Lipinski definition) is 2. The van der Waals surface area contributed by atoms with E-state index in [1.165, 1.54) is 0 Å². The second-order valence-electron chi connectivity index (χ2n) is 6.27. The van der Waals surface area contributed by atoms with Crippen molar-refractivity contribution in [3.05, 3.63) is 70.0 Å². The number of hydrazone groups is 1. The van der Waals surface area contributed by atoms with Crippen molar-refractivity contribution in [2.75, 3.05) is 5.43 Å². The minimum absolute atomic E-state index is 0.0103. The Morgan fingerprint density at radius 1 is 1.16 bits per heavy atom. The van der Waals surface area contributed by atoms with Gasteiger partial charge in [-0.25, -0.2) is 0 Å². The van der Waals surface area contributed by atoms with E-state index in [0.717, 1.165) is 29.6 Å². The molecule has 0 fully saturated rings. The van der Waals surface area contributed by atoms with Crippen LogP contribution in [0.2, 0.25) is 0 Å². The van der Waals surface area contributed by atoms with Crippen molar-refractivity contribution < 1.29 is 5.11 Å².